The molecule has 2 aromatic heterocycles. The highest BCUT2D eigenvalue weighted by Gasteiger charge is 2.36. The molecule has 0 atom stereocenters. The number of amides is 1. The number of piperazine rings is 2. The highest BCUT2D eigenvalue weighted by molar-refractivity contribution is 5.69. The van der Waals surface area contributed by atoms with E-state index in [1.165, 1.54) is 18.3 Å². The number of carbonyl (C=O) groups is 1. The van der Waals surface area contributed by atoms with Crippen molar-refractivity contribution in [2.45, 2.75) is 39.5 Å². The van der Waals surface area contributed by atoms with Crippen molar-refractivity contribution in [1.82, 2.24) is 19.9 Å². The van der Waals surface area contributed by atoms with Gasteiger partial charge in [-0.05, 0) is 63.6 Å². The maximum atomic E-state index is 14.1. The van der Waals surface area contributed by atoms with Crippen LogP contribution in [-0.2, 0) is 10.9 Å². The second kappa shape index (κ2) is 11.8. The van der Waals surface area contributed by atoms with Crippen LogP contribution in [0.4, 0.5) is 39.9 Å². The van der Waals surface area contributed by atoms with Gasteiger partial charge in [-0.2, -0.15) is 18.2 Å². The van der Waals surface area contributed by atoms with E-state index in [9.17, 15) is 22.4 Å². The summed E-state index contributed by atoms with van der Waals surface area (Å²) in [5, 5.41) is 0. The zero-order valence-corrected chi connectivity index (χ0v) is 24.7. The van der Waals surface area contributed by atoms with E-state index < -0.39 is 17.3 Å². The average molecular weight is 602 g/mol. The van der Waals surface area contributed by atoms with E-state index in [1.54, 1.807) is 28.9 Å². The van der Waals surface area contributed by atoms with Crippen LogP contribution in [0.3, 0.4) is 0 Å². The number of rotatable bonds is 4. The molecule has 0 saturated carbocycles. The summed E-state index contributed by atoms with van der Waals surface area (Å²) in [7, 11) is 0. The summed E-state index contributed by atoms with van der Waals surface area (Å²) in [5.41, 5.74) is 0.451. The molecule has 230 valence electrons. The predicted octanol–water partition coefficient (Wildman–Crippen LogP) is 5.39. The van der Waals surface area contributed by atoms with Gasteiger partial charge in [-0.15, -0.1) is 0 Å². The maximum Gasteiger partial charge on any atom is 0.419 e. The minimum absolute atomic E-state index is 0.0802. The predicted molar refractivity (Wildman–Crippen MR) is 156 cm³/mol. The number of aromatic nitrogens is 3. The summed E-state index contributed by atoms with van der Waals surface area (Å²) in [5.74, 6) is 0.682. The van der Waals surface area contributed by atoms with Crippen molar-refractivity contribution in [3.8, 4) is 11.3 Å². The molecular formula is C30H35F4N7O2. The molecule has 0 bridgehead atoms. The van der Waals surface area contributed by atoms with E-state index >= 15 is 0 Å². The minimum atomic E-state index is -4.50. The molecule has 9 nitrogen and oxygen atoms in total. The van der Waals surface area contributed by atoms with E-state index in [-0.39, 0.29) is 17.7 Å². The van der Waals surface area contributed by atoms with E-state index in [1.807, 2.05) is 36.6 Å². The van der Waals surface area contributed by atoms with Crippen LogP contribution in [-0.4, -0.2) is 83.9 Å². The largest absolute Gasteiger partial charge is 0.444 e. The van der Waals surface area contributed by atoms with Crippen molar-refractivity contribution in [3.05, 3.63) is 59.5 Å². The summed E-state index contributed by atoms with van der Waals surface area (Å²) < 4.78 is 60.4. The third kappa shape index (κ3) is 7.08. The van der Waals surface area contributed by atoms with Gasteiger partial charge in [-0.1, -0.05) is 0 Å². The van der Waals surface area contributed by atoms with Crippen molar-refractivity contribution in [3.63, 3.8) is 0 Å². The summed E-state index contributed by atoms with van der Waals surface area (Å²) in [6, 6.07) is 8.95. The normalized spacial score (nSPS) is 16.5. The first kappa shape index (κ1) is 30.3. The highest BCUT2D eigenvalue weighted by Crippen LogP contribution is 2.36. The quantitative estimate of drug-likeness (QED) is 0.369. The summed E-state index contributed by atoms with van der Waals surface area (Å²) in [6.45, 7) is 10.4. The molecule has 2 fully saturated rings. The number of carbonyl (C=O) groups excluding carboxylic acids is 1. The van der Waals surface area contributed by atoms with Crippen molar-refractivity contribution in [1.29, 1.82) is 0 Å². The Morgan fingerprint density at radius 1 is 0.860 bits per heavy atom. The lowest BCUT2D eigenvalue weighted by atomic mass is 10.1. The average Bonchev–Trinajstić information content (AvgIpc) is 2.97. The zero-order chi connectivity index (χ0) is 30.9. The second-order valence-electron chi connectivity index (χ2n) is 11.7. The lowest BCUT2D eigenvalue weighted by molar-refractivity contribution is -0.137. The van der Waals surface area contributed by atoms with E-state index in [4.69, 9.17) is 14.7 Å². The number of pyridine rings is 1. The lowest BCUT2D eigenvalue weighted by Gasteiger charge is -2.38. The second-order valence-corrected chi connectivity index (χ2v) is 11.7. The molecule has 2 saturated heterocycles. The molecule has 2 aliphatic rings. The van der Waals surface area contributed by atoms with Crippen molar-refractivity contribution < 1.29 is 27.1 Å². The van der Waals surface area contributed by atoms with Crippen LogP contribution in [0, 0.1) is 12.7 Å². The number of aryl methyl sites for hydroxylation is 1. The van der Waals surface area contributed by atoms with Crippen LogP contribution < -0.4 is 14.7 Å². The zero-order valence-electron chi connectivity index (χ0n) is 24.7. The molecule has 0 aliphatic carbocycles. The molecule has 5 rings (SSSR count). The van der Waals surface area contributed by atoms with Crippen LogP contribution in [0.15, 0.2) is 42.6 Å². The highest BCUT2D eigenvalue weighted by atomic mass is 19.4. The molecule has 0 N–H and O–H groups in total. The number of halogens is 4. The van der Waals surface area contributed by atoms with Crippen molar-refractivity contribution in [2.75, 3.05) is 67.1 Å². The molecule has 0 spiro atoms. The number of hydrogen-bond acceptors (Lipinski definition) is 8. The maximum absolute atomic E-state index is 14.1. The monoisotopic (exact) mass is 601 g/mol. The molecule has 1 amide bonds. The van der Waals surface area contributed by atoms with E-state index in [0.29, 0.717) is 75.4 Å². The molecule has 43 heavy (non-hydrogen) atoms. The van der Waals surface area contributed by atoms with Crippen LogP contribution in [0.5, 0.6) is 0 Å². The fraction of sp³-hybridized carbons (Fsp3) is 0.467. The third-order valence-corrected chi connectivity index (χ3v) is 7.36. The number of nitrogens with zero attached hydrogens (tertiary/aromatic N) is 7. The summed E-state index contributed by atoms with van der Waals surface area (Å²) in [4.78, 5) is 33.6. The van der Waals surface area contributed by atoms with Gasteiger partial charge in [0, 0.05) is 70.2 Å². The molecule has 0 radical (unpaired) electrons. The lowest BCUT2D eigenvalue weighted by Crippen LogP contribution is -2.50. The van der Waals surface area contributed by atoms with Crippen molar-refractivity contribution >= 4 is 23.7 Å². The smallest absolute Gasteiger partial charge is 0.419 e. The summed E-state index contributed by atoms with van der Waals surface area (Å²) in [6.07, 6.45) is -3.51. The Hall–Kier alpha value is -4.16. The molecule has 3 aromatic rings. The number of anilines is 3. The van der Waals surface area contributed by atoms with Crippen molar-refractivity contribution in [2.24, 2.45) is 0 Å². The number of hydrogen-bond donors (Lipinski definition) is 0. The van der Waals surface area contributed by atoms with Gasteiger partial charge in [-0.3, -0.25) is 0 Å². The van der Waals surface area contributed by atoms with Crippen LogP contribution in [0.1, 0.15) is 31.9 Å². The standard InChI is InChI=1S/C30H35F4N7O2/c1-20-18-21(7-8-23(20)31)24-19-25(37-27(36-24)40-14-16-41(17-15-40)28(42)43-29(2,3)4)38-10-12-39(13-11-38)26-22(30(32,33)34)6-5-9-35-26/h5-9,18-19H,10-17H2,1-4H3. The van der Waals surface area contributed by atoms with Gasteiger partial charge < -0.3 is 24.3 Å². The van der Waals surface area contributed by atoms with Gasteiger partial charge in [0.25, 0.3) is 0 Å². The van der Waals surface area contributed by atoms with E-state index in [0.717, 1.165) is 11.6 Å². The van der Waals surface area contributed by atoms with Gasteiger partial charge in [0.1, 0.15) is 23.1 Å². The minimum Gasteiger partial charge on any atom is -0.444 e. The Morgan fingerprint density at radius 3 is 2.14 bits per heavy atom. The fourth-order valence-corrected chi connectivity index (χ4v) is 5.11. The van der Waals surface area contributed by atoms with Crippen LogP contribution in [0.25, 0.3) is 11.3 Å². The topological polar surface area (TPSA) is 77.9 Å². The number of ether oxygens (including phenoxy) is 1. The Kier molecular flexibility index (Phi) is 8.35. The molecule has 0 unspecified atom stereocenters. The van der Waals surface area contributed by atoms with Gasteiger partial charge in [-0.25, -0.2) is 19.2 Å². The van der Waals surface area contributed by atoms with E-state index in [2.05, 4.69) is 4.98 Å². The van der Waals surface area contributed by atoms with Gasteiger partial charge in [0.05, 0.1) is 11.3 Å². The van der Waals surface area contributed by atoms with Crippen LogP contribution in [0.2, 0.25) is 0 Å². The molecular weight excluding hydrogens is 566 g/mol. The Bertz CT molecular complexity index is 1460. The van der Waals surface area contributed by atoms with Crippen LogP contribution >= 0.6 is 0 Å². The third-order valence-electron chi connectivity index (χ3n) is 7.36. The molecule has 4 heterocycles. The first-order chi connectivity index (χ1) is 20.3. The number of alkyl halides is 3. The van der Waals surface area contributed by atoms with Gasteiger partial charge in [0.2, 0.25) is 5.95 Å². The molecule has 2 aliphatic heterocycles. The number of benzene rings is 1. The first-order valence-corrected chi connectivity index (χ1v) is 14.2. The first-order valence-electron chi connectivity index (χ1n) is 14.2. The molecule has 1 aromatic carbocycles. The summed E-state index contributed by atoms with van der Waals surface area (Å²) >= 11 is 0. The SMILES string of the molecule is Cc1cc(-c2cc(N3CCN(c4ncccc4C(F)(F)F)CC3)nc(N3CCN(C(=O)OC(C)(C)C)CC3)n2)ccc1F. The Labute approximate surface area is 248 Å². The van der Waals surface area contributed by atoms with Gasteiger partial charge in [0.15, 0.2) is 0 Å². The Morgan fingerprint density at radius 2 is 1.51 bits per heavy atom. The molecule has 13 heteroatoms. The Balaban J connectivity index is 1.38. The van der Waals surface area contributed by atoms with Gasteiger partial charge >= 0.3 is 12.3 Å². The fourth-order valence-electron chi connectivity index (χ4n) is 5.11.